The van der Waals surface area contributed by atoms with Crippen LogP contribution in [-0.4, -0.2) is 21.9 Å². The van der Waals surface area contributed by atoms with E-state index in [4.69, 9.17) is 9.47 Å². The van der Waals surface area contributed by atoms with Crippen LogP contribution < -0.4 is 9.47 Å². The van der Waals surface area contributed by atoms with E-state index in [0.29, 0.717) is 11.4 Å². The molecule has 5 nitrogen and oxygen atoms in total. The lowest BCUT2D eigenvalue weighted by atomic mass is 10.3. The van der Waals surface area contributed by atoms with Crippen molar-refractivity contribution in [3.8, 4) is 17.3 Å². The van der Waals surface area contributed by atoms with Gasteiger partial charge in [0.05, 0.1) is 21.2 Å². The van der Waals surface area contributed by atoms with E-state index >= 15 is 0 Å². The van der Waals surface area contributed by atoms with Crippen molar-refractivity contribution in [3.05, 3.63) is 95.4 Å². The molecule has 0 spiro atoms. The molecule has 0 aliphatic rings. The standard InChI is InChI=1S/C25H17F5N2O3S/c1-13-22(36-23-20(29)18(27)17(26)19(28)21(23)30)24(32(31-13)15-9-5-3-6-10-15)35-25(33)14(2)34-16-11-7-4-8-12-16/h3-12,14H,1-2H3. The summed E-state index contributed by atoms with van der Waals surface area (Å²) in [6.07, 6.45) is -1.11. The van der Waals surface area contributed by atoms with Crippen LogP contribution in [-0.2, 0) is 4.79 Å². The average Bonchev–Trinajstić information content (AvgIpc) is 3.19. The third-order valence-electron chi connectivity index (χ3n) is 4.92. The number of carbonyl (C=O) groups is 1. The second-order valence-corrected chi connectivity index (χ2v) is 8.48. The van der Waals surface area contributed by atoms with Crippen molar-refractivity contribution in [1.82, 2.24) is 9.78 Å². The molecule has 1 heterocycles. The van der Waals surface area contributed by atoms with E-state index in [1.54, 1.807) is 60.7 Å². The number of aryl methyl sites for hydroxylation is 1. The number of halogens is 5. The van der Waals surface area contributed by atoms with Crippen molar-refractivity contribution in [1.29, 1.82) is 0 Å². The number of nitrogens with zero attached hydrogens (tertiary/aromatic N) is 2. The monoisotopic (exact) mass is 520 g/mol. The number of hydrogen-bond donors (Lipinski definition) is 0. The average molecular weight is 520 g/mol. The Labute approximate surface area is 206 Å². The summed E-state index contributed by atoms with van der Waals surface area (Å²) in [5.41, 5.74) is 0.538. The fourth-order valence-electron chi connectivity index (χ4n) is 3.15. The van der Waals surface area contributed by atoms with Crippen molar-refractivity contribution in [2.45, 2.75) is 29.7 Å². The molecular formula is C25H17F5N2O3S. The molecule has 1 aromatic heterocycles. The molecule has 0 saturated heterocycles. The van der Waals surface area contributed by atoms with Gasteiger partial charge in [-0.3, -0.25) is 0 Å². The van der Waals surface area contributed by atoms with Crippen LogP contribution >= 0.6 is 11.8 Å². The molecule has 0 amide bonds. The normalized spacial score (nSPS) is 11.9. The van der Waals surface area contributed by atoms with E-state index in [0.717, 1.165) is 0 Å². The van der Waals surface area contributed by atoms with Gasteiger partial charge in [-0.05, 0) is 38.1 Å². The maximum Gasteiger partial charge on any atom is 0.353 e. The second kappa shape index (κ2) is 10.4. The Hall–Kier alpha value is -3.86. The van der Waals surface area contributed by atoms with Gasteiger partial charge in [0.25, 0.3) is 0 Å². The molecule has 0 fully saturated rings. The van der Waals surface area contributed by atoms with Crippen LogP contribution in [0.5, 0.6) is 11.6 Å². The van der Waals surface area contributed by atoms with Gasteiger partial charge in [-0.1, -0.05) is 48.2 Å². The Bertz CT molecular complexity index is 1390. The highest BCUT2D eigenvalue weighted by Gasteiger charge is 2.31. The van der Waals surface area contributed by atoms with Crippen LogP contribution in [0.1, 0.15) is 12.6 Å². The first-order valence-corrected chi connectivity index (χ1v) is 11.3. The first-order chi connectivity index (χ1) is 17.2. The molecule has 1 unspecified atom stereocenters. The molecule has 0 aliphatic carbocycles. The summed E-state index contributed by atoms with van der Waals surface area (Å²) in [4.78, 5) is 11.6. The summed E-state index contributed by atoms with van der Waals surface area (Å²) in [5, 5.41) is 4.27. The smallest absolute Gasteiger partial charge is 0.353 e. The molecular weight excluding hydrogens is 503 g/mol. The SMILES string of the molecule is Cc1nn(-c2ccccc2)c(OC(=O)C(C)Oc2ccccc2)c1Sc1c(F)c(F)c(F)c(F)c1F. The highest BCUT2D eigenvalue weighted by molar-refractivity contribution is 7.99. The molecule has 36 heavy (non-hydrogen) atoms. The van der Waals surface area contributed by atoms with Crippen molar-refractivity contribution >= 4 is 17.7 Å². The Morgan fingerprint density at radius 1 is 0.833 bits per heavy atom. The van der Waals surface area contributed by atoms with Gasteiger partial charge in [0, 0.05) is 0 Å². The summed E-state index contributed by atoms with van der Waals surface area (Å²) in [7, 11) is 0. The van der Waals surface area contributed by atoms with E-state index in [9.17, 15) is 26.7 Å². The quantitative estimate of drug-likeness (QED) is 0.122. The van der Waals surface area contributed by atoms with Crippen LogP contribution in [0, 0.1) is 36.0 Å². The van der Waals surface area contributed by atoms with Gasteiger partial charge in [0.15, 0.2) is 29.4 Å². The van der Waals surface area contributed by atoms with Gasteiger partial charge in [0.1, 0.15) is 5.75 Å². The third-order valence-corrected chi connectivity index (χ3v) is 6.16. The highest BCUT2D eigenvalue weighted by Crippen LogP contribution is 2.42. The molecule has 3 aromatic carbocycles. The number of hydrogen-bond acceptors (Lipinski definition) is 5. The first-order valence-electron chi connectivity index (χ1n) is 10.5. The fraction of sp³-hybridized carbons (Fsp3) is 0.120. The summed E-state index contributed by atoms with van der Waals surface area (Å²) >= 11 is 0.206. The van der Waals surface area contributed by atoms with Crippen LogP contribution in [0.4, 0.5) is 22.0 Å². The molecule has 0 saturated carbocycles. The van der Waals surface area contributed by atoms with Crippen molar-refractivity contribution in [2.24, 2.45) is 0 Å². The Kier molecular flexibility index (Phi) is 7.30. The topological polar surface area (TPSA) is 53.4 Å². The highest BCUT2D eigenvalue weighted by atomic mass is 32.2. The number of ether oxygens (including phenoxy) is 2. The van der Waals surface area contributed by atoms with Gasteiger partial charge in [0.2, 0.25) is 11.7 Å². The van der Waals surface area contributed by atoms with E-state index in [2.05, 4.69) is 5.10 Å². The molecule has 4 rings (SSSR count). The number of esters is 1. The molecule has 0 aliphatic heterocycles. The van der Waals surface area contributed by atoms with Crippen molar-refractivity contribution < 1.29 is 36.2 Å². The molecule has 1 atom stereocenters. The zero-order chi connectivity index (χ0) is 26.0. The largest absolute Gasteiger partial charge is 0.479 e. The van der Waals surface area contributed by atoms with Gasteiger partial charge in [-0.15, -0.1) is 0 Å². The summed E-state index contributed by atoms with van der Waals surface area (Å²) in [5.74, 6) is -11.2. The number of benzene rings is 3. The molecule has 11 heteroatoms. The summed E-state index contributed by atoms with van der Waals surface area (Å²) in [6.45, 7) is 2.87. The van der Waals surface area contributed by atoms with E-state index in [1.807, 2.05) is 0 Å². The lowest BCUT2D eigenvalue weighted by molar-refractivity contribution is -0.142. The second-order valence-electron chi connectivity index (χ2n) is 7.46. The number of carbonyl (C=O) groups excluding carboxylic acids is 1. The number of para-hydroxylation sites is 2. The van der Waals surface area contributed by atoms with E-state index in [-0.39, 0.29) is 28.2 Å². The lowest BCUT2D eigenvalue weighted by Gasteiger charge is -2.15. The third kappa shape index (κ3) is 4.92. The predicted octanol–water partition coefficient (Wildman–Crippen LogP) is 6.40. The minimum atomic E-state index is -2.27. The van der Waals surface area contributed by atoms with Gasteiger partial charge in [-0.25, -0.2) is 26.7 Å². The maximum absolute atomic E-state index is 14.4. The molecule has 0 N–H and O–H groups in total. The maximum atomic E-state index is 14.4. The summed E-state index contributed by atoms with van der Waals surface area (Å²) in [6, 6.07) is 16.8. The minimum absolute atomic E-state index is 0.118. The van der Waals surface area contributed by atoms with Gasteiger partial charge >= 0.3 is 5.97 Å². The summed E-state index contributed by atoms with van der Waals surface area (Å²) < 4.78 is 82.3. The van der Waals surface area contributed by atoms with Gasteiger partial charge in [-0.2, -0.15) is 9.78 Å². The van der Waals surface area contributed by atoms with Crippen molar-refractivity contribution in [3.63, 3.8) is 0 Å². The molecule has 0 bridgehead atoms. The van der Waals surface area contributed by atoms with E-state index in [1.165, 1.54) is 18.5 Å². The number of rotatable bonds is 7. The zero-order valence-electron chi connectivity index (χ0n) is 18.8. The van der Waals surface area contributed by atoms with Gasteiger partial charge < -0.3 is 9.47 Å². The Balaban J connectivity index is 1.76. The van der Waals surface area contributed by atoms with Crippen LogP contribution in [0.25, 0.3) is 5.69 Å². The Morgan fingerprint density at radius 3 is 1.94 bits per heavy atom. The number of aromatic nitrogens is 2. The van der Waals surface area contributed by atoms with Crippen LogP contribution in [0.3, 0.4) is 0 Å². The zero-order valence-corrected chi connectivity index (χ0v) is 19.6. The first kappa shape index (κ1) is 25.2. The lowest BCUT2D eigenvalue weighted by Crippen LogP contribution is -2.29. The fourth-order valence-corrected chi connectivity index (χ4v) is 4.12. The van der Waals surface area contributed by atoms with Crippen molar-refractivity contribution in [2.75, 3.05) is 0 Å². The van der Waals surface area contributed by atoms with Crippen LogP contribution in [0.15, 0.2) is 70.5 Å². The van der Waals surface area contributed by atoms with Crippen LogP contribution in [0.2, 0.25) is 0 Å². The predicted molar refractivity (Wildman–Crippen MR) is 121 cm³/mol. The minimum Gasteiger partial charge on any atom is -0.479 e. The molecule has 4 aromatic rings. The Morgan fingerprint density at radius 2 is 1.36 bits per heavy atom. The molecule has 186 valence electrons. The molecule has 0 radical (unpaired) electrons. The van der Waals surface area contributed by atoms with E-state index < -0.39 is 46.1 Å².